The molecule has 172 valence electrons. The molecule has 0 atom stereocenters. The van der Waals surface area contributed by atoms with Crippen molar-refractivity contribution in [2.75, 3.05) is 0 Å². The molecule has 0 amide bonds. The third-order valence-corrected chi connectivity index (χ3v) is 6.99. The molecule has 0 bridgehead atoms. The van der Waals surface area contributed by atoms with E-state index in [9.17, 15) is 22.6 Å². The molecule has 1 aliphatic rings. The van der Waals surface area contributed by atoms with Gasteiger partial charge in [0, 0.05) is 22.3 Å². The van der Waals surface area contributed by atoms with Crippen molar-refractivity contribution in [1.82, 2.24) is 0 Å². The van der Waals surface area contributed by atoms with Crippen molar-refractivity contribution < 1.29 is 52.1 Å². The van der Waals surface area contributed by atoms with Gasteiger partial charge in [0.2, 0.25) is 0 Å². The first-order chi connectivity index (χ1) is 15.3. The van der Waals surface area contributed by atoms with Crippen LogP contribution in [0.25, 0.3) is 0 Å². The predicted molar refractivity (Wildman–Crippen MR) is 123 cm³/mol. The first-order valence-corrected chi connectivity index (χ1v) is 13.1. The van der Waals surface area contributed by atoms with E-state index < -0.39 is 20.8 Å². The molecular weight excluding hydrogens is 447 g/mol. The van der Waals surface area contributed by atoms with Crippen molar-refractivity contribution >= 4 is 21.7 Å². The molecule has 2 aromatic rings. The van der Waals surface area contributed by atoms with E-state index in [0.717, 1.165) is 37.0 Å². The maximum atomic E-state index is 13.0. The summed E-state index contributed by atoms with van der Waals surface area (Å²) >= 11 is 0. The largest absolute Gasteiger partial charge is 1.00 e. The van der Waals surface area contributed by atoms with E-state index in [1.807, 2.05) is 6.07 Å². The molecule has 33 heavy (non-hydrogen) atoms. The fraction of sp³-hybridized carbons (Fsp3) is 0.462. The molecule has 5 nitrogen and oxygen atoms in total. The molecule has 0 radical (unpaired) electrons. The Hall–Kier alpha value is -1.31. The molecule has 0 saturated heterocycles. The summed E-state index contributed by atoms with van der Waals surface area (Å²) < 4.78 is 34.0. The number of carbonyl (C=O) groups is 2. The van der Waals surface area contributed by atoms with E-state index in [1.54, 1.807) is 12.1 Å². The minimum absolute atomic E-state index is 0. The minimum atomic E-state index is -4.70. The molecule has 0 N–H and O–H groups in total. The second-order valence-electron chi connectivity index (χ2n) is 8.63. The Balaban J connectivity index is 0.00000385. The number of unbranched alkanes of at least 4 members (excludes halogenated alkanes) is 9. The van der Waals surface area contributed by atoms with E-state index in [2.05, 4.69) is 6.92 Å². The Bertz CT molecular complexity index is 1090. The standard InChI is InChI=1S/C26H32O5S.Na/c1-2-3-4-5-6-7-8-9-10-11-12-19-13-15-21-23(17-19)26(28)24-18-20(32(29,30)31)14-16-22(24)25(21)27;/h13-18H,2-12H2,1H3,(H,29,30,31);/q;+1/p-1. The molecule has 1 aliphatic carbocycles. The van der Waals surface area contributed by atoms with Crippen LogP contribution in [-0.2, 0) is 16.5 Å². The molecule has 0 aromatic heterocycles. The van der Waals surface area contributed by atoms with Crippen LogP contribution in [0.4, 0.5) is 0 Å². The van der Waals surface area contributed by atoms with Crippen molar-refractivity contribution in [1.29, 1.82) is 0 Å². The molecule has 7 heteroatoms. The van der Waals surface area contributed by atoms with Gasteiger partial charge in [-0.05, 0) is 42.7 Å². The summed E-state index contributed by atoms with van der Waals surface area (Å²) in [4.78, 5) is 25.3. The number of carbonyl (C=O) groups excluding carboxylic acids is 2. The molecule has 0 spiro atoms. The molecule has 2 aromatic carbocycles. The van der Waals surface area contributed by atoms with E-state index in [1.165, 1.54) is 57.4 Å². The zero-order chi connectivity index (χ0) is 23.1. The van der Waals surface area contributed by atoms with Gasteiger partial charge in [-0.25, -0.2) is 8.42 Å². The van der Waals surface area contributed by atoms with Crippen LogP contribution in [0.5, 0.6) is 0 Å². The van der Waals surface area contributed by atoms with Gasteiger partial charge in [-0.2, -0.15) is 0 Å². The zero-order valence-corrected chi connectivity index (χ0v) is 22.5. The first-order valence-electron chi connectivity index (χ1n) is 11.6. The number of hydrogen-bond donors (Lipinski definition) is 0. The fourth-order valence-electron chi connectivity index (χ4n) is 4.30. The Morgan fingerprint density at radius 3 is 1.73 bits per heavy atom. The second kappa shape index (κ2) is 13.0. The Labute approximate surface area is 219 Å². The van der Waals surface area contributed by atoms with E-state index in [4.69, 9.17) is 0 Å². The van der Waals surface area contributed by atoms with Crippen LogP contribution >= 0.6 is 0 Å². The van der Waals surface area contributed by atoms with E-state index in [-0.39, 0.29) is 52.0 Å². The summed E-state index contributed by atoms with van der Waals surface area (Å²) in [5, 5.41) is 0. The summed E-state index contributed by atoms with van der Waals surface area (Å²) in [6.07, 6.45) is 13.3. The fourth-order valence-corrected chi connectivity index (χ4v) is 4.80. The molecule has 0 unspecified atom stereocenters. The summed E-state index contributed by atoms with van der Waals surface area (Å²) in [5.74, 6) is -0.736. The summed E-state index contributed by atoms with van der Waals surface area (Å²) in [7, 11) is -4.70. The van der Waals surface area contributed by atoms with Crippen molar-refractivity contribution in [3.8, 4) is 0 Å². The Morgan fingerprint density at radius 2 is 1.15 bits per heavy atom. The number of ketones is 2. The Kier molecular flexibility index (Phi) is 11.0. The number of aryl methyl sites for hydroxylation is 1. The van der Waals surface area contributed by atoms with Crippen LogP contribution in [-0.4, -0.2) is 24.5 Å². The van der Waals surface area contributed by atoms with Crippen LogP contribution in [0.15, 0.2) is 41.3 Å². The van der Waals surface area contributed by atoms with Crippen molar-refractivity contribution in [2.24, 2.45) is 0 Å². The number of rotatable bonds is 12. The van der Waals surface area contributed by atoms with Gasteiger partial charge in [-0.1, -0.05) is 76.8 Å². The minimum Gasteiger partial charge on any atom is -0.744 e. The molecule has 3 rings (SSSR count). The number of fused-ring (bicyclic) bond motifs is 2. The van der Waals surface area contributed by atoms with Gasteiger partial charge in [-0.15, -0.1) is 0 Å². The average Bonchev–Trinajstić information content (AvgIpc) is 2.77. The quantitative estimate of drug-likeness (QED) is 0.227. The molecule has 0 fully saturated rings. The van der Waals surface area contributed by atoms with Crippen molar-refractivity contribution in [3.63, 3.8) is 0 Å². The molecule has 0 heterocycles. The maximum Gasteiger partial charge on any atom is 1.00 e. The smallest absolute Gasteiger partial charge is 0.744 e. The van der Waals surface area contributed by atoms with E-state index in [0.29, 0.717) is 5.56 Å². The van der Waals surface area contributed by atoms with Gasteiger partial charge in [0.1, 0.15) is 10.1 Å². The average molecular weight is 479 g/mol. The zero-order valence-electron chi connectivity index (χ0n) is 19.7. The van der Waals surface area contributed by atoms with Crippen LogP contribution in [0.1, 0.15) is 109 Å². The summed E-state index contributed by atoms with van der Waals surface area (Å²) in [6, 6.07) is 8.67. The van der Waals surface area contributed by atoms with Gasteiger partial charge in [0.25, 0.3) is 0 Å². The third-order valence-electron chi connectivity index (χ3n) is 6.16. The topological polar surface area (TPSA) is 91.3 Å². The SMILES string of the molecule is CCCCCCCCCCCCc1ccc2c(c1)C(=O)c1cc(S(=O)(=O)[O-])ccc1C2=O.[Na+]. The first kappa shape index (κ1) is 27.9. The van der Waals surface area contributed by atoms with Crippen molar-refractivity contribution in [2.45, 2.75) is 82.4 Å². The van der Waals surface area contributed by atoms with Gasteiger partial charge in [0.15, 0.2) is 11.6 Å². The third kappa shape index (κ3) is 7.33. The van der Waals surface area contributed by atoms with Crippen LogP contribution in [0.3, 0.4) is 0 Å². The van der Waals surface area contributed by atoms with Gasteiger partial charge in [0.05, 0.1) is 4.90 Å². The second-order valence-corrected chi connectivity index (χ2v) is 10.0. The van der Waals surface area contributed by atoms with Crippen LogP contribution < -0.4 is 29.6 Å². The summed E-state index contributed by atoms with van der Waals surface area (Å²) in [5.41, 5.74) is 1.72. The predicted octanol–water partition coefficient (Wildman–Crippen LogP) is 2.83. The number of benzene rings is 2. The van der Waals surface area contributed by atoms with Gasteiger partial charge >= 0.3 is 29.6 Å². The summed E-state index contributed by atoms with van der Waals surface area (Å²) in [6.45, 7) is 2.23. The van der Waals surface area contributed by atoms with E-state index >= 15 is 0 Å². The molecule has 0 saturated carbocycles. The Morgan fingerprint density at radius 1 is 0.667 bits per heavy atom. The van der Waals surface area contributed by atoms with Crippen LogP contribution in [0.2, 0.25) is 0 Å². The normalized spacial score (nSPS) is 12.8. The molecular formula is C26H31NaO5S. The molecule has 0 aliphatic heterocycles. The number of hydrogen-bond acceptors (Lipinski definition) is 5. The monoisotopic (exact) mass is 478 g/mol. The van der Waals surface area contributed by atoms with Gasteiger partial charge in [-0.3, -0.25) is 9.59 Å². The van der Waals surface area contributed by atoms with Gasteiger partial charge < -0.3 is 4.55 Å². The van der Waals surface area contributed by atoms with Crippen molar-refractivity contribution in [3.05, 3.63) is 64.2 Å². The maximum absolute atomic E-state index is 13.0. The van der Waals surface area contributed by atoms with Crippen LogP contribution in [0, 0.1) is 0 Å².